The van der Waals surface area contributed by atoms with Crippen LogP contribution >= 0.6 is 11.8 Å². The van der Waals surface area contributed by atoms with E-state index in [1.165, 1.54) is 7.11 Å². The van der Waals surface area contributed by atoms with Gasteiger partial charge in [0.1, 0.15) is 10.7 Å². The first kappa shape index (κ1) is 17.9. The zero-order chi connectivity index (χ0) is 17.5. The van der Waals surface area contributed by atoms with Crippen LogP contribution in [0.15, 0.2) is 28.3 Å². The van der Waals surface area contributed by atoms with Crippen molar-refractivity contribution in [2.45, 2.75) is 25.4 Å². The van der Waals surface area contributed by atoms with E-state index < -0.39 is 5.97 Å². The van der Waals surface area contributed by atoms with E-state index in [9.17, 15) is 9.90 Å². The summed E-state index contributed by atoms with van der Waals surface area (Å²) >= 11 is 0.992. The Morgan fingerprint density at radius 3 is 2.75 bits per heavy atom. The second kappa shape index (κ2) is 8.39. The van der Waals surface area contributed by atoms with Crippen LogP contribution in [0.3, 0.4) is 0 Å². The Balaban J connectivity index is 2.28. The fourth-order valence-corrected chi connectivity index (χ4v) is 2.64. The number of benzene rings is 1. The lowest BCUT2D eigenvalue weighted by Crippen LogP contribution is -1.98. The summed E-state index contributed by atoms with van der Waals surface area (Å²) < 4.78 is 10.7. The Bertz CT molecular complexity index is 743. The first-order valence-electron chi connectivity index (χ1n) is 7.42. The molecule has 0 aliphatic rings. The van der Waals surface area contributed by atoms with E-state index in [0.29, 0.717) is 41.1 Å². The van der Waals surface area contributed by atoms with E-state index in [1.807, 2.05) is 13.8 Å². The van der Waals surface area contributed by atoms with Gasteiger partial charge in [-0.05, 0) is 42.5 Å². The van der Waals surface area contributed by atoms with Gasteiger partial charge >= 0.3 is 5.97 Å². The van der Waals surface area contributed by atoms with Gasteiger partial charge in [-0.2, -0.15) is 0 Å². The van der Waals surface area contributed by atoms with Crippen LogP contribution in [-0.4, -0.2) is 40.0 Å². The van der Waals surface area contributed by atoms with Gasteiger partial charge in [0.25, 0.3) is 0 Å². The third-order valence-electron chi connectivity index (χ3n) is 3.04. The number of carboxylic acids is 1. The second-order valence-corrected chi connectivity index (χ2v) is 5.69. The van der Waals surface area contributed by atoms with Crippen molar-refractivity contribution in [3.8, 4) is 11.5 Å². The van der Waals surface area contributed by atoms with E-state index in [1.54, 1.807) is 24.3 Å². The summed E-state index contributed by atoms with van der Waals surface area (Å²) in [5.41, 5.74) is 0.687. The number of thioether (sulfide) groups is 1. The monoisotopic (exact) mass is 349 g/mol. The molecule has 1 aromatic carbocycles. The number of ether oxygens (including phenoxy) is 2. The molecule has 0 bridgehead atoms. The van der Waals surface area contributed by atoms with Gasteiger partial charge < -0.3 is 14.6 Å². The molecule has 0 saturated carbocycles. The van der Waals surface area contributed by atoms with Gasteiger partial charge in [-0.15, -0.1) is 5.10 Å². The number of aryl methyl sites for hydroxylation is 1. The molecule has 1 aromatic heterocycles. The maximum atomic E-state index is 11.5. The van der Waals surface area contributed by atoms with Crippen LogP contribution in [0.5, 0.6) is 11.5 Å². The predicted octanol–water partition coefficient (Wildman–Crippen LogP) is 2.99. The van der Waals surface area contributed by atoms with Crippen molar-refractivity contribution in [1.82, 2.24) is 15.2 Å². The molecule has 1 heterocycles. The molecule has 0 atom stereocenters. The first-order valence-corrected chi connectivity index (χ1v) is 8.24. The highest BCUT2D eigenvalue weighted by molar-refractivity contribution is 8.04. The fraction of sp³-hybridized carbons (Fsp3) is 0.312. The summed E-state index contributed by atoms with van der Waals surface area (Å²) in [6, 6.07) is 5.25. The number of rotatable bonds is 8. The SMILES string of the molecule is CCOc1ccc(/C=C(\Sc2n[nH]c(CC)n2)C(=O)O)cc1OC. The van der Waals surface area contributed by atoms with Gasteiger partial charge in [-0.1, -0.05) is 13.0 Å². The summed E-state index contributed by atoms with van der Waals surface area (Å²) in [6.45, 7) is 4.34. The van der Waals surface area contributed by atoms with Crippen molar-refractivity contribution in [3.05, 3.63) is 34.5 Å². The molecule has 8 heteroatoms. The molecule has 2 aromatic rings. The number of hydrogen-bond acceptors (Lipinski definition) is 6. The average molecular weight is 349 g/mol. The number of nitrogens with zero attached hydrogens (tertiary/aromatic N) is 2. The van der Waals surface area contributed by atoms with E-state index >= 15 is 0 Å². The molecule has 24 heavy (non-hydrogen) atoms. The van der Waals surface area contributed by atoms with Gasteiger partial charge in [-0.3, -0.25) is 5.10 Å². The van der Waals surface area contributed by atoms with Gasteiger partial charge in [-0.25, -0.2) is 9.78 Å². The Kier molecular flexibility index (Phi) is 6.25. The zero-order valence-electron chi connectivity index (χ0n) is 13.7. The lowest BCUT2D eigenvalue weighted by Gasteiger charge is -2.10. The normalized spacial score (nSPS) is 11.4. The van der Waals surface area contributed by atoms with Gasteiger partial charge in [0.05, 0.1) is 13.7 Å². The Morgan fingerprint density at radius 2 is 2.17 bits per heavy atom. The maximum absolute atomic E-state index is 11.5. The predicted molar refractivity (Wildman–Crippen MR) is 91.4 cm³/mol. The van der Waals surface area contributed by atoms with Gasteiger partial charge in [0, 0.05) is 6.42 Å². The quantitative estimate of drug-likeness (QED) is 0.558. The smallest absolute Gasteiger partial charge is 0.342 e. The van der Waals surface area contributed by atoms with Gasteiger partial charge in [0.15, 0.2) is 11.5 Å². The van der Waals surface area contributed by atoms with Crippen LogP contribution < -0.4 is 9.47 Å². The molecule has 0 fully saturated rings. The van der Waals surface area contributed by atoms with Crippen molar-refractivity contribution in [2.75, 3.05) is 13.7 Å². The number of carbonyl (C=O) groups is 1. The molecular formula is C16H19N3O4S. The molecular weight excluding hydrogens is 330 g/mol. The number of aromatic nitrogens is 3. The van der Waals surface area contributed by atoms with Crippen LogP contribution in [-0.2, 0) is 11.2 Å². The number of nitrogens with one attached hydrogen (secondary N) is 1. The summed E-state index contributed by atoms with van der Waals surface area (Å²) in [7, 11) is 1.54. The largest absolute Gasteiger partial charge is 0.493 e. The molecule has 0 unspecified atom stereocenters. The van der Waals surface area contributed by atoms with E-state index in [0.717, 1.165) is 11.8 Å². The highest BCUT2D eigenvalue weighted by atomic mass is 32.2. The number of carboxylic acid groups (broad SMARTS) is 1. The van der Waals surface area contributed by atoms with Gasteiger partial charge in [0.2, 0.25) is 5.16 Å². The third kappa shape index (κ3) is 4.51. The molecule has 0 amide bonds. The van der Waals surface area contributed by atoms with Crippen LogP contribution in [0.4, 0.5) is 0 Å². The molecule has 7 nitrogen and oxygen atoms in total. The second-order valence-electron chi connectivity index (χ2n) is 4.68. The Hall–Kier alpha value is -2.48. The topological polar surface area (TPSA) is 97.3 Å². The van der Waals surface area contributed by atoms with Crippen LogP contribution in [0.25, 0.3) is 6.08 Å². The van der Waals surface area contributed by atoms with E-state index in [-0.39, 0.29) is 4.91 Å². The van der Waals surface area contributed by atoms with Crippen LogP contribution in [0.2, 0.25) is 0 Å². The average Bonchev–Trinajstić information content (AvgIpc) is 3.03. The summed E-state index contributed by atoms with van der Waals surface area (Å²) in [5.74, 6) is 0.829. The molecule has 0 saturated heterocycles. The minimum atomic E-state index is -1.05. The molecule has 0 aliphatic heterocycles. The standard InChI is InChI=1S/C16H19N3O4S/c1-4-14-17-16(19-18-14)24-13(15(20)21)9-10-6-7-11(23-5-2)12(8-10)22-3/h6-9H,4-5H2,1-3H3,(H,20,21)(H,17,18,19)/b13-9-. The molecule has 2 rings (SSSR count). The fourth-order valence-electron chi connectivity index (χ4n) is 1.91. The number of hydrogen-bond donors (Lipinski definition) is 2. The van der Waals surface area contributed by atoms with Crippen molar-refractivity contribution < 1.29 is 19.4 Å². The summed E-state index contributed by atoms with van der Waals surface area (Å²) in [6.07, 6.45) is 2.25. The number of aromatic amines is 1. The maximum Gasteiger partial charge on any atom is 0.342 e. The number of H-pyrrole nitrogens is 1. The molecule has 128 valence electrons. The number of aliphatic carboxylic acids is 1. The first-order chi connectivity index (χ1) is 11.6. The highest BCUT2D eigenvalue weighted by Crippen LogP contribution is 2.31. The van der Waals surface area contributed by atoms with Crippen molar-refractivity contribution >= 4 is 23.8 Å². The molecule has 0 aliphatic carbocycles. The molecule has 2 N–H and O–H groups in total. The van der Waals surface area contributed by atoms with E-state index in [2.05, 4.69) is 15.2 Å². The molecule has 0 spiro atoms. The molecule has 0 radical (unpaired) electrons. The Labute approximate surface area is 144 Å². The highest BCUT2D eigenvalue weighted by Gasteiger charge is 2.14. The summed E-state index contributed by atoms with van der Waals surface area (Å²) in [4.78, 5) is 15.8. The minimum absolute atomic E-state index is 0.114. The van der Waals surface area contributed by atoms with Crippen molar-refractivity contribution in [2.24, 2.45) is 0 Å². The van der Waals surface area contributed by atoms with Crippen molar-refractivity contribution in [3.63, 3.8) is 0 Å². The number of methoxy groups -OCH3 is 1. The lowest BCUT2D eigenvalue weighted by atomic mass is 10.2. The van der Waals surface area contributed by atoms with Crippen LogP contribution in [0, 0.1) is 0 Å². The Morgan fingerprint density at radius 1 is 1.38 bits per heavy atom. The third-order valence-corrected chi connectivity index (χ3v) is 3.92. The zero-order valence-corrected chi connectivity index (χ0v) is 14.5. The van der Waals surface area contributed by atoms with Crippen molar-refractivity contribution in [1.29, 1.82) is 0 Å². The summed E-state index contributed by atoms with van der Waals surface area (Å²) in [5, 5.41) is 16.6. The minimum Gasteiger partial charge on any atom is -0.493 e. The van der Waals surface area contributed by atoms with Crippen LogP contribution in [0.1, 0.15) is 25.2 Å². The lowest BCUT2D eigenvalue weighted by molar-refractivity contribution is -0.131. The van der Waals surface area contributed by atoms with E-state index in [4.69, 9.17) is 9.47 Å².